The van der Waals surface area contributed by atoms with E-state index >= 15 is 0 Å². The first-order valence-corrected chi connectivity index (χ1v) is 6.97. The van der Waals surface area contributed by atoms with Crippen molar-refractivity contribution in [2.45, 2.75) is 19.4 Å². The average molecular weight is 321 g/mol. The van der Waals surface area contributed by atoms with Crippen LogP contribution in [0.25, 0.3) is 0 Å². The van der Waals surface area contributed by atoms with Gasteiger partial charge in [0.15, 0.2) is 17.4 Å². The van der Waals surface area contributed by atoms with E-state index in [-0.39, 0.29) is 37.0 Å². The van der Waals surface area contributed by atoms with Gasteiger partial charge in [-0.05, 0) is 18.6 Å². The molecule has 0 atom stereocenters. The smallest absolute Gasteiger partial charge is 0.325 e. The van der Waals surface area contributed by atoms with Gasteiger partial charge in [0.1, 0.15) is 6.54 Å². The van der Waals surface area contributed by atoms with Gasteiger partial charge < -0.3 is 15.2 Å². The molecule has 0 spiro atoms. The number of carboxylic acids is 1. The van der Waals surface area contributed by atoms with Crippen LogP contribution in [0, 0.1) is 5.82 Å². The maximum atomic E-state index is 13.3. The lowest BCUT2D eigenvalue weighted by Gasteiger charge is -2.06. The van der Waals surface area contributed by atoms with Crippen molar-refractivity contribution in [3.63, 3.8) is 0 Å². The van der Waals surface area contributed by atoms with Gasteiger partial charge in [-0.2, -0.15) is 5.10 Å². The maximum absolute atomic E-state index is 13.3. The number of halogens is 1. The summed E-state index contributed by atoms with van der Waals surface area (Å²) in [5, 5.41) is 15.1. The number of aromatic nitrogens is 2. The minimum absolute atomic E-state index is 0.153. The Morgan fingerprint density at radius 3 is 2.83 bits per heavy atom. The molecule has 1 aromatic heterocycles. The zero-order chi connectivity index (χ0) is 16.7. The van der Waals surface area contributed by atoms with E-state index < -0.39 is 11.8 Å². The van der Waals surface area contributed by atoms with Crippen LogP contribution in [-0.4, -0.2) is 33.4 Å². The van der Waals surface area contributed by atoms with Gasteiger partial charge in [-0.15, -0.1) is 0 Å². The van der Waals surface area contributed by atoms with E-state index in [1.165, 1.54) is 29.1 Å². The van der Waals surface area contributed by atoms with Crippen LogP contribution in [0.5, 0.6) is 5.75 Å². The van der Waals surface area contributed by atoms with Gasteiger partial charge in [0, 0.05) is 18.7 Å². The van der Waals surface area contributed by atoms with Crippen LogP contribution in [0.2, 0.25) is 0 Å². The Bertz CT molecular complexity index is 687. The molecule has 0 radical (unpaired) electrons. The van der Waals surface area contributed by atoms with E-state index in [4.69, 9.17) is 9.84 Å². The molecule has 0 saturated carbocycles. The van der Waals surface area contributed by atoms with Crippen LogP contribution in [0.4, 0.5) is 10.2 Å². The molecule has 2 N–H and O–H groups in total. The third-order valence-corrected chi connectivity index (χ3v) is 2.85. The highest BCUT2D eigenvalue weighted by molar-refractivity contribution is 5.89. The Hall–Kier alpha value is -2.90. The number of benzene rings is 1. The number of nitrogens with one attached hydrogen (secondary N) is 1. The summed E-state index contributed by atoms with van der Waals surface area (Å²) in [6.07, 6.45) is 2.06. The number of carbonyl (C=O) groups is 2. The van der Waals surface area contributed by atoms with Crippen LogP contribution < -0.4 is 10.1 Å². The second kappa shape index (κ2) is 7.92. The van der Waals surface area contributed by atoms with Crippen LogP contribution in [0.15, 0.2) is 36.5 Å². The summed E-state index contributed by atoms with van der Waals surface area (Å²) in [6.45, 7) is -0.0614. The van der Waals surface area contributed by atoms with E-state index in [0.717, 1.165) is 0 Å². The van der Waals surface area contributed by atoms with E-state index in [0.29, 0.717) is 6.42 Å². The molecule has 0 saturated heterocycles. The third kappa shape index (κ3) is 5.42. The van der Waals surface area contributed by atoms with Crippen molar-refractivity contribution in [1.29, 1.82) is 0 Å². The van der Waals surface area contributed by atoms with E-state index in [1.807, 2.05) is 0 Å². The largest absolute Gasteiger partial charge is 0.491 e. The second-order valence-corrected chi connectivity index (χ2v) is 4.72. The molecule has 0 aliphatic rings. The van der Waals surface area contributed by atoms with Gasteiger partial charge in [0.2, 0.25) is 5.91 Å². The summed E-state index contributed by atoms with van der Waals surface area (Å²) in [7, 11) is 0. The molecule has 0 fully saturated rings. The van der Waals surface area contributed by atoms with E-state index in [2.05, 4.69) is 10.4 Å². The number of hydrogen-bond donors (Lipinski definition) is 2. The number of anilines is 1. The number of para-hydroxylation sites is 1. The fraction of sp³-hybridized carbons (Fsp3) is 0.267. The topological polar surface area (TPSA) is 93.5 Å². The van der Waals surface area contributed by atoms with Crippen molar-refractivity contribution in [3.05, 3.63) is 42.3 Å². The monoisotopic (exact) mass is 321 g/mol. The molecule has 8 heteroatoms. The Balaban J connectivity index is 1.70. The van der Waals surface area contributed by atoms with Gasteiger partial charge in [-0.1, -0.05) is 12.1 Å². The summed E-state index contributed by atoms with van der Waals surface area (Å²) in [4.78, 5) is 22.2. The van der Waals surface area contributed by atoms with Gasteiger partial charge in [0.25, 0.3) is 0 Å². The minimum atomic E-state index is -1.02. The minimum Gasteiger partial charge on any atom is -0.491 e. The summed E-state index contributed by atoms with van der Waals surface area (Å²) in [5.74, 6) is -1.30. The first-order chi connectivity index (χ1) is 11.0. The number of hydrogen-bond acceptors (Lipinski definition) is 4. The van der Waals surface area contributed by atoms with Crippen molar-refractivity contribution in [2.75, 3.05) is 11.9 Å². The second-order valence-electron chi connectivity index (χ2n) is 4.72. The molecule has 1 amide bonds. The maximum Gasteiger partial charge on any atom is 0.325 e. The Morgan fingerprint density at radius 2 is 2.09 bits per heavy atom. The molecule has 1 heterocycles. The van der Waals surface area contributed by atoms with Crippen molar-refractivity contribution in [2.24, 2.45) is 0 Å². The van der Waals surface area contributed by atoms with Crippen LogP contribution in [-0.2, 0) is 16.1 Å². The molecule has 0 aliphatic heterocycles. The normalized spacial score (nSPS) is 10.3. The summed E-state index contributed by atoms with van der Waals surface area (Å²) >= 11 is 0. The summed E-state index contributed by atoms with van der Waals surface area (Å²) in [6, 6.07) is 7.56. The number of nitrogens with zero attached hydrogens (tertiary/aromatic N) is 2. The lowest BCUT2D eigenvalue weighted by Crippen LogP contribution is -2.14. The number of carboxylic acid groups (broad SMARTS) is 1. The Kier molecular flexibility index (Phi) is 5.67. The number of ether oxygens (including phenoxy) is 1. The quantitative estimate of drug-likeness (QED) is 0.724. The zero-order valence-electron chi connectivity index (χ0n) is 12.2. The third-order valence-electron chi connectivity index (χ3n) is 2.85. The molecule has 2 rings (SSSR count). The predicted octanol–water partition coefficient (Wildman–Crippen LogP) is 1.90. The molecule has 23 heavy (non-hydrogen) atoms. The van der Waals surface area contributed by atoms with Gasteiger partial charge >= 0.3 is 5.97 Å². The van der Waals surface area contributed by atoms with E-state index in [1.54, 1.807) is 12.1 Å². The summed E-state index contributed by atoms with van der Waals surface area (Å²) < 4.78 is 19.8. The van der Waals surface area contributed by atoms with Gasteiger partial charge in [0.05, 0.1) is 6.61 Å². The summed E-state index contributed by atoms with van der Waals surface area (Å²) in [5.41, 5.74) is 0. The number of carbonyl (C=O) groups excluding carboxylic acids is 1. The molecule has 0 bridgehead atoms. The molecule has 2 aromatic rings. The van der Waals surface area contributed by atoms with Crippen molar-refractivity contribution in [1.82, 2.24) is 9.78 Å². The van der Waals surface area contributed by atoms with E-state index in [9.17, 15) is 14.0 Å². The van der Waals surface area contributed by atoms with Crippen molar-refractivity contribution >= 4 is 17.7 Å². The fourth-order valence-electron chi connectivity index (χ4n) is 1.84. The lowest BCUT2D eigenvalue weighted by atomic mass is 10.3. The molecule has 122 valence electrons. The first kappa shape index (κ1) is 16.5. The Labute approximate surface area is 131 Å². The highest BCUT2D eigenvalue weighted by Crippen LogP contribution is 2.15. The van der Waals surface area contributed by atoms with Crippen molar-refractivity contribution < 1.29 is 23.8 Å². The zero-order valence-corrected chi connectivity index (χ0v) is 12.2. The first-order valence-electron chi connectivity index (χ1n) is 6.97. The molecular weight excluding hydrogens is 305 g/mol. The number of rotatable bonds is 8. The molecule has 7 nitrogen and oxygen atoms in total. The molecule has 1 aromatic carbocycles. The SMILES string of the molecule is O=C(O)Cn1ccc(NC(=O)CCCOc2ccccc2F)n1. The standard InChI is InChI=1S/C15H16FN3O4/c16-11-4-1-2-5-12(11)23-9-3-6-14(20)17-13-7-8-19(18-13)10-15(21)22/h1-2,4-5,7-8H,3,6,9-10H2,(H,21,22)(H,17,18,20). The molecule has 0 aliphatic carbocycles. The van der Waals surface area contributed by atoms with Crippen LogP contribution in [0.1, 0.15) is 12.8 Å². The van der Waals surface area contributed by atoms with Crippen LogP contribution in [0.3, 0.4) is 0 Å². The lowest BCUT2D eigenvalue weighted by molar-refractivity contribution is -0.137. The van der Waals surface area contributed by atoms with Gasteiger partial charge in [-0.3, -0.25) is 14.3 Å². The highest BCUT2D eigenvalue weighted by atomic mass is 19.1. The average Bonchev–Trinajstić information content (AvgIpc) is 2.91. The van der Waals surface area contributed by atoms with Crippen LogP contribution >= 0.6 is 0 Å². The predicted molar refractivity (Wildman–Crippen MR) is 79.6 cm³/mol. The van der Waals surface area contributed by atoms with Gasteiger partial charge in [-0.25, -0.2) is 4.39 Å². The molecule has 0 unspecified atom stereocenters. The van der Waals surface area contributed by atoms with Crippen molar-refractivity contribution in [3.8, 4) is 5.75 Å². The highest BCUT2D eigenvalue weighted by Gasteiger charge is 2.07. The Morgan fingerprint density at radius 1 is 1.30 bits per heavy atom. The fourth-order valence-corrected chi connectivity index (χ4v) is 1.84. The molecular formula is C15H16FN3O4. The number of aliphatic carboxylic acids is 1. The number of amides is 1.